The second-order valence-corrected chi connectivity index (χ2v) is 7.23. The van der Waals surface area contributed by atoms with Crippen molar-refractivity contribution in [3.63, 3.8) is 0 Å². The fourth-order valence-corrected chi connectivity index (χ4v) is 3.80. The van der Waals surface area contributed by atoms with Crippen LogP contribution in [0.4, 0.5) is 0 Å². The lowest BCUT2D eigenvalue weighted by molar-refractivity contribution is 0.0498. The third kappa shape index (κ3) is 3.56. The first-order valence-corrected chi connectivity index (χ1v) is 9.10. The van der Waals surface area contributed by atoms with E-state index in [1.54, 1.807) is 0 Å². The van der Waals surface area contributed by atoms with E-state index >= 15 is 0 Å². The quantitative estimate of drug-likeness (QED) is 0.725. The summed E-state index contributed by atoms with van der Waals surface area (Å²) >= 11 is 6.07. The molecule has 5 heteroatoms. The second kappa shape index (κ2) is 7.16. The predicted octanol–water partition coefficient (Wildman–Crippen LogP) is 4.05. The van der Waals surface area contributed by atoms with Crippen LogP contribution in [0, 0.1) is 0 Å². The van der Waals surface area contributed by atoms with Gasteiger partial charge in [-0.15, -0.1) is 0 Å². The Morgan fingerprint density at radius 2 is 1.92 bits per heavy atom. The van der Waals surface area contributed by atoms with Gasteiger partial charge in [0.25, 0.3) is 0 Å². The lowest BCUT2D eigenvalue weighted by Crippen LogP contribution is -2.42. The lowest BCUT2D eigenvalue weighted by atomic mass is 9.74. The van der Waals surface area contributed by atoms with Gasteiger partial charge in [0.1, 0.15) is 0 Å². The number of hydrogen-bond donors (Lipinski definition) is 2. The van der Waals surface area contributed by atoms with E-state index in [2.05, 4.69) is 45.8 Å². The predicted molar refractivity (Wildman–Crippen MR) is 101 cm³/mol. The molecule has 0 saturated carbocycles. The zero-order valence-corrected chi connectivity index (χ0v) is 14.9. The Hall–Kier alpha value is -1.88. The molecule has 4 rings (SSSR count). The van der Waals surface area contributed by atoms with Crippen LogP contribution in [-0.4, -0.2) is 30.0 Å². The van der Waals surface area contributed by atoms with E-state index < -0.39 is 0 Å². The SMILES string of the molecule is Clc1ccc(C2(CNCc3ccc4cn[nH]c4c3)CCOCC2)cc1. The maximum atomic E-state index is 6.07. The van der Waals surface area contributed by atoms with Crippen molar-refractivity contribution in [1.29, 1.82) is 0 Å². The molecule has 25 heavy (non-hydrogen) atoms. The molecule has 0 unspecified atom stereocenters. The molecule has 4 nitrogen and oxygen atoms in total. The maximum absolute atomic E-state index is 6.07. The summed E-state index contributed by atoms with van der Waals surface area (Å²) in [6, 6.07) is 14.7. The van der Waals surface area contributed by atoms with Gasteiger partial charge in [-0.25, -0.2) is 0 Å². The molecule has 1 aliphatic rings. The molecule has 0 spiro atoms. The summed E-state index contributed by atoms with van der Waals surface area (Å²) in [7, 11) is 0. The number of halogens is 1. The summed E-state index contributed by atoms with van der Waals surface area (Å²) in [6.45, 7) is 3.39. The number of nitrogens with one attached hydrogen (secondary N) is 2. The molecule has 2 aromatic carbocycles. The van der Waals surface area contributed by atoms with Gasteiger partial charge in [0, 0.05) is 42.1 Å². The Morgan fingerprint density at radius 1 is 1.12 bits per heavy atom. The van der Waals surface area contributed by atoms with Gasteiger partial charge in [0.05, 0.1) is 11.7 Å². The van der Waals surface area contributed by atoms with Crippen molar-refractivity contribution in [1.82, 2.24) is 15.5 Å². The molecular formula is C20H22ClN3O. The molecule has 0 aliphatic carbocycles. The first kappa shape index (κ1) is 16.6. The van der Waals surface area contributed by atoms with Crippen molar-refractivity contribution in [2.45, 2.75) is 24.8 Å². The summed E-state index contributed by atoms with van der Waals surface area (Å²) in [5.41, 5.74) is 3.80. The number of fused-ring (bicyclic) bond motifs is 1. The van der Waals surface area contributed by atoms with Crippen molar-refractivity contribution < 1.29 is 4.74 Å². The number of rotatable bonds is 5. The molecule has 2 heterocycles. The molecule has 1 aromatic heterocycles. The largest absolute Gasteiger partial charge is 0.381 e. The van der Waals surface area contributed by atoms with Gasteiger partial charge < -0.3 is 10.1 Å². The summed E-state index contributed by atoms with van der Waals surface area (Å²) in [4.78, 5) is 0. The molecular weight excluding hydrogens is 334 g/mol. The van der Waals surface area contributed by atoms with Gasteiger partial charge in [0.2, 0.25) is 0 Å². The molecule has 0 atom stereocenters. The second-order valence-electron chi connectivity index (χ2n) is 6.79. The van der Waals surface area contributed by atoms with Gasteiger partial charge >= 0.3 is 0 Å². The first-order chi connectivity index (χ1) is 12.3. The van der Waals surface area contributed by atoms with Crippen LogP contribution in [0.5, 0.6) is 0 Å². The van der Waals surface area contributed by atoms with Crippen molar-refractivity contribution in [2.24, 2.45) is 0 Å². The summed E-state index contributed by atoms with van der Waals surface area (Å²) in [5, 5.41) is 12.7. The van der Waals surface area contributed by atoms with Gasteiger partial charge in [-0.1, -0.05) is 35.9 Å². The topological polar surface area (TPSA) is 49.9 Å². The smallest absolute Gasteiger partial charge is 0.0653 e. The van der Waals surface area contributed by atoms with Gasteiger partial charge in [-0.05, 0) is 42.2 Å². The Kier molecular flexibility index (Phi) is 4.75. The van der Waals surface area contributed by atoms with E-state index in [0.29, 0.717) is 0 Å². The number of hydrogen-bond acceptors (Lipinski definition) is 3. The minimum Gasteiger partial charge on any atom is -0.381 e. The van der Waals surface area contributed by atoms with Crippen molar-refractivity contribution >= 4 is 22.5 Å². The van der Waals surface area contributed by atoms with Crippen LogP contribution < -0.4 is 5.32 Å². The standard InChI is InChI=1S/C20H22ClN3O/c21-18-5-3-17(4-6-18)20(7-9-25-10-8-20)14-22-12-15-1-2-16-13-23-24-19(16)11-15/h1-6,11,13,22H,7-10,12,14H2,(H,23,24). The van der Waals surface area contributed by atoms with E-state index in [9.17, 15) is 0 Å². The molecule has 0 amide bonds. The van der Waals surface area contributed by atoms with E-state index in [1.807, 2.05) is 18.3 Å². The van der Waals surface area contributed by atoms with Crippen LogP contribution in [0.25, 0.3) is 10.9 Å². The monoisotopic (exact) mass is 355 g/mol. The zero-order chi connectivity index (χ0) is 17.1. The molecule has 3 aromatic rings. The highest BCUT2D eigenvalue weighted by molar-refractivity contribution is 6.30. The average Bonchev–Trinajstić information content (AvgIpc) is 3.11. The van der Waals surface area contributed by atoms with E-state index in [1.165, 1.54) is 11.1 Å². The van der Waals surface area contributed by atoms with Crippen LogP contribution in [-0.2, 0) is 16.7 Å². The van der Waals surface area contributed by atoms with Crippen LogP contribution in [0.1, 0.15) is 24.0 Å². The highest BCUT2D eigenvalue weighted by atomic mass is 35.5. The van der Waals surface area contributed by atoms with Gasteiger partial charge in [-0.3, -0.25) is 5.10 Å². The minimum absolute atomic E-state index is 0.112. The normalized spacial score (nSPS) is 17.0. The Balaban J connectivity index is 1.48. The Labute approximate surface area is 152 Å². The highest BCUT2D eigenvalue weighted by Gasteiger charge is 2.34. The van der Waals surface area contributed by atoms with Crippen LogP contribution in [0.3, 0.4) is 0 Å². The van der Waals surface area contributed by atoms with Crippen LogP contribution in [0.15, 0.2) is 48.7 Å². The maximum Gasteiger partial charge on any atom is 0.0653 e. The van der Waals surface area contributed by atoms with Crippen molar-refractivity contribution in [3.05, 3.63) is 64.8 Å². The number of aromatic amines is 1. The number of ether oxygens (including phenoxy) is 1. The number of aromatic nitrogens is 2. The fraction of sp³-hybridized carbons (Fsp3) is 0.350. The fourth-order valence-electron chi connectivity index (χ4n) is 3.67. The highest BCUT2D eigenvalue weighted by Crippen LogP contribution is 2.35. The molecule has 130 valence electrons. The van der Waals surface area contributed by atoms with Crippen molar-refractivity contribution in [3.8, 4) is 0 Å². The molecule has 1 fully saturated rings. The van der Waals surface area contributed by atoms with Gasteiger partial charge in [0.15, 0.2) is 0 Å². The van der Waals surface area contributed by atoms with E-state index in [0.717, 1.165) is 55.1 Å². The third-order valence-electron chi connectivity index (χ3n) is 5.21. The zero-order valence-electron chi connectivity index (χ0n) is 14.1. The summed E-state index contributed by atoms with van der Waals surface area (Å²) < 4.78 is 5.61. The first-order valence-electron chi connectivity index (χ1n) is 8.72. The minimum atomic E-state index is 0.112. The van der Waals surface area contributed by atoms with E-state index in [4.69, 9.17) is 16.3 Å². The molecule has 2 N–H and O–H groups in total. The summed E-state index contributed by atoms with van der Waals surface area (Å²) in [6.07, 6.45) is 3.91. The number of nitrogens with zero attached hydrogens (tertiary/aromatic N) is 1. The number of H-pyrrole nitrogens is 1. The number of benzene rings is 2. The van der Waals surface area contributed by atoms with Gasteiger partial charge in [-0.2, -0.15) is 5.10 Å². The summed E-state index contributed by atoms with van der Waals surface area (Å²) in [5.74, 6) is 0. The molecule has 1 saturated heterocycles. The van der Waals surface area contributed by atoms with Crippen LogP contribution >= 0.6 is 11.6 Å². The third-order valence-corrected chi connectivity index (χ3v) is 5.46. The van der Waals surface area contributed by atoms with Crippen LogP contribution in [0.2, 0.25) is 5.02 Å². The molecule has 0 radical (unpaired) electrons. The Morgan fingerprint density at radius 3 is 2.72 bits per heavy atom. The van der Waals surface area contributed by atoms with Crippen molar-refractivity contribution in [2.75, 3.05) is 19.8 Å². The average molecular weight is 356 g/mol. The molecule has 0 bridgehead atoms. The Bertz CT molecular complexity index is 838. The lowest BCUT2D eigenvalue weighted by Gasteiger charge is -2.38. The van der Waals surface area contributed by atoms with E-state index in [-0.39, 0.29) is 5.41 Å². The molecule has 1 aliphatic heterocycles.